The van der Waals surface area contributed by atoms with Crippen LogP contribution < -0.4 is 5.32 Å². The Morgan fingerprint density at radius 2 is 1.88 bits per heavy atom. The number of H-pyrrole nitrogens is 1. The molecule has 1 aliphatic rings. The third-order valence-corrected chi connectivity index (χ3v) is 4.15. The molecule has 0 bridgehead atoms. The third kappa shape index (κ3) is 2.33. The van der Waals surface area contributed by atoms with Gasteiger partial charge in [0.1, 0.15) is 5.69 Å². The minimum absolute atomic E-state index is 0.00319. The largest absolute Gasteiger partial charge is 0.364 e. The lowest BCUT2D eigenvalue weighted by molar-refractivity contribution is -0.384. The maximum atomic E-state index is 11.2. The van der Waals surface area contributed by atoms with Crippen molar-refractivity contribution in [3.05, 3.63) is 81.1 Å². The Balaban J connectivity index is 2.01. The number of fused-ring (bicyclic) bond motifs is 2. The molecule has 0 amide bonds. The number of nitrogens with zero attached hydrogens (tertiary/aromatic N) is 2. The number of hydrogen-bond acceptors (Lipinski definition) is 4. The maximum Gasteiger partial charge on any atom is 0.270 e. The summed E-state index contributed by atoms with van der Waals surface area (Å²) in [6, 6.07) is 12.0. The van der Waals surface area contributed by atoms with E-state index < -0.39 is 4.92 Å². The van der Waals surface area contributed by atoms with E-state index in [0.717, 1.165) is 16.9 Å². The summed E-state index contributed by atoms with van der Waals surface area (Å²) in [6.45, 7) is 0. The van der Waals surface area contributed by atoms with Crippen LogP contribution in [0.25, 0.3) is 0 Å². The van der Waals surface area contributed by atoms with Crippen molar-refractivity contribution in [3.63, 3.8) is 0 Å². The number of rotatable bonds is 2. The van der Waals surface area contributed by atoms with Gasteiger partial charge in [0, 0.05) is 46.4 Å². The molecule has 24 heavy (non-hydrogen) atoms. The van der Waals surface area contributed by atoms with Gasteiger partial charge >= 0.3 is 0 Å². The van der Waals surface area contributed by atoms with Crippen molar-refractivity contribution in [2.45, 2.75) is 0 Å². The molecule has 118 valence electrons. The summed E-state index contributed by atoms with van der Waals surface area (Å²) in [5.74, 6) is 0. The third-order valence-electron chi connectivity index (χ3n) is 3.82. The van der Waals surface area contributed by atoms with Crippen LogP contribution in [0.5, 0.6) is 0 Å². The number of nitro groups is 1. The normalized spacial score (nSPS) is 12.5. The van der Waals surface area contributed by atoms with Gasteiger partial charge < -0.3 is 10.3 Å². The number of nitro benzene ring substituents is 1. The van der Waals surface area contributed by atoms with E-state index in [9.17, 15) is 10.1 Å². The Labute approximate surface area is 142 Å². The highest BCUT2D eigenvalue weighted by molar-refractivity contribution is 6.36. The predicted octanol–water partition coefficient (Wildman–Crippen LogP) is 4.80. The molecule has 0 spiro atoms. The lowest BCUT2D eigenvalue weighted by Gasteiger charge is -2.11. The van der Waals surface area contributed by atoms with Crippen molar-refractivity contribution < 1.29 is 4.92 Å². The van der Waals surface area contributed by atoms with Gasteiger partial charge in [-0.1, -0.05) is 29.8 Å². The fraction of sp³-hybridized carbons (Fsp3) is 0. The first-order valence-corrected chi connectivity index (χ1v) is 7.57. The number of nitrogens with one attached hydrogen (secondary N) is 2. The van der Waals surface area contributed by atoms with E-state index in [4.69, 9.17) is 11.6 Å². The molecule has 0 atom stereocenters. The van der Waals surface area contributed by atoms with E-state index in [0.29, 0.717) is 22.0 Å². The second kappa shape index (κ2) is 5.50. The molecule has 0 saturated heterocycles. The first kappa shape index (κ1) is 14.5. The molecule has 2 aromatic carbocycles. The smallest absolute Gasteiger partial charge is 0.270 e. The van der Waals surface area contributed by atoms with E-state index in [1.807, 2.05) is 18.2 Å². The summed E-state index contributed by atoms with van der Waals surface area (Å²) >= 11 is 6.34. The summed E-state index contributed by atoms with van der Waals surface area (Å²) < 4.78 is 0. The average molecular weight is 339 g/mol. The minimum Gasteiger partial charge on any atom is -0.364 e. The lowest BCUT2D eigenvalue weighted by Crippen LogP contribution is -2.06. The van der Waals surface area contributed by atoms with Crippen LogP contribution in [0.4, 0.5) is 22.7 Å². The Kier molecular flexibility index (Phi) is 3.32. The summed E-state index contributed by atoms with van der Waals surface area (Å²) in [4.78, 5) is 18.4. The molecule has 0 radical (unpaired) electrons. The monoisotopic (exact) mass is 338 g/mol. The fourth-order valence-electron chi connectivity index (χ4n) is 2.68. The van der Waals surface area contributed by atoms with Gasteiger partial charge in [-0.05, 0) is 12.1 Å². The molecule has 0 unspecified atom stereocenters. The molecular formula is C17H11ClN4O2. The zero-order chi connectivity index (χ0) is 16.7. The van der Waals surface area contributed by atoms with Crippen molar-refractivity contribution in [3.8, 4) is 0 Å². The van der Waals surface area contributed by atoms with E-state index in [-0.39, 0.29) is 5.69 Å². The first-order valence-electron chi connectivity index (χ1n) is 7.20. The maximum absolute atomic E-state index is 11.2. The van der Waals surface area contributed by atoms with Crippen LogP contribution in [0.3, 0.4) is 0 Å². The fourth-order valence-corrected chi connectivity index (χ4v) is 2.91. The van der Waals surface area contributed by atoms with Crippen LogP contribution in [0.2, 0.25) is 5.02 Å². The standard InChI is InChI=1S/C17H11ClN4O2/c18-13-4-2-1-3-11(13)17-12-7-10(22(23)24)5-6-14(12)20-15-8-19-9-16(15)21-17/h1-9,19-20H. The minimum atomic E-state index is -0.420. The highest BCUT2D eigenvalue weighted by Crippen LogP contribution is 2.37. The highest BCUT2D eigenvalue weighted by Gasteiger charge is 2.22. The molecule has 7 heteroatoms. The number of anilines is 2. The summed E-state index contributed by atoms with van der Waals surface area (Å²) in [7, 11) is 0. The van der Waals surface area contributed by atoms with Gasteiger partial charge in [0.25, 0.3) is 5.69 Å². The van der Waals surface area contributed by atoms with Crippen LogP contribution in [-0.2, 0) is 0 Å². The number of aromatic amines is 1. The lowest BCUT2D eigenvalue weighted by atomic mass is 10.00. The Hall–Kier alpha value is -3.12. The number of aromatic nitrogens is 1. The molecular weight excluding hydrogens is 328 g/mol. The summed E-state index contributed by atoms with van der Waals surface area (Å²) in [5.41, 5.74) is 4.19. The zero-order valence-corrected chi connectivity index (χ0v) is 13.0. The highest BCUT2D eigenvalue weighted by atomic mass is 35.5. The molecule has 3 aromatic rings. The van der Waals surface area contributed by atoms with E-state index in [1.165, 1.54) is 12.1 Å². The SMILES string of the molecule is O=[N+]([O-])c1ccc2c(c1)C(c1ccccc1Cl)=Nc1c[nH]cc1N2. The number of halogens is 1. The number of aliphatic imine (C=N–C) groups is 1. The zero-order valence-electron chi connectivity index (χ0n) is 12.3. The molecule has 1 aromatic heterocycles. The van der Waals surface area contributed by atoms with Crippen molar-refractivity contribution >= 4 is 40.1 Å². The van der Waals surface area contributed by atoms with Crippen LogP contribution in [0.15, 0.2) is 59.9 Å². The van der Waals surface area contributed by atoms with Gasteiger partial charge in [-0.2, -0.15) is 0 Å². The summed E-state index contributed by atoms with van der Waals surface area (Å²) in [5, 5.41) is 15.0. The average Bonchev–Trinajstić information content (AvgIpc) is 2.94. The van der Waals surface area contributed by atoms with Crippen LogP contribution in [0, 0.1) is 10.1 Å². The number of hydrogen-bond donors (Lipinski definition) is 2. The Morgan fingerprint density at radius 1 is 1.04 bits per heavy atom. The van der Waals surface area contributed by atoms with Crippen molar-refractivity contribution in [1.29, 1.82) is 0 Å². The molecule has 1 aliphatic heterocycles. The van der Waals surface area contributed by atoms with Gasteiger partial charge in [0.15, 0.2) is 0 Å². The van der Waals surface area contributed by atoms with Crippen LogP contribution >= 0.6 is 11.6 Å². The van der Waals surface area contributed by atoms with E-state index in [1.54, 1.807) is 24.5 Å². The van der Waals surface area contributed by atoms with Crippen molar-refractivity contribution in [1.82, 2.24) is 4.98 Å². The Bertz CT molecular complexity index is 994. The molecule has 6 nitrogen and oxygen atoms in total. The topological polar surface area (TPSA) is 83.3 Å². The first-order chi connectivity index (χ1) is 11.6. The Morgan fingerprint density at radius 3 is 2.67 bits per heavy atom. The second-order valence-corrected chi connectivity index (χ2v) is 5.71. The van der Waals surface area contributed by atoms with Crippen LogP contribution in [-0.4, -0.2) is 15.6 Å². The molecule has 2 heterocycles. The van der Waals surface area contributed by atoms with E-state index >= 15 is 0 Å². The molecule has 4 rings (SSSR count). The van der Waals surface area contributed by atoms with Gasteiger partial charge in [0.05, 0.1) is 16.3 Å². The quantitative estimate of drug-likeness (QED) is 0.406. The predicted molar refractivity (Wildman–Crippen MR) is 93.9 cm³/mol. The van der Waals surface area contributed by atoms with Gasteiger partial charge in [-0.3, -0.25) is 10.1 Å². The summed E-state index contributed by atoms with van der Waals surface area (Å²) in [6.07, 6.45) is 3.55. The molecule has 0 fully saturated rings. The van der Waals surface area contributed by atoms with Gasteiger partial charge in [-0.25, -0.2) is 4.99 Å². The van der Waals surface area contributed by atoms with Crippen molar-refractivity contribution in [2.24, 2.45) is 4.99 Å². The second-order valence-electron chi connectivity index (χ2n) is 5.31. The molecule has 0 saturated carbocycles. The van der Waals surface area contributed by atoms with Gasteiger partial charge in [-0.15, -0.1) is 0 Å². The number of benzene rings is 2. The molecule has 0 aliphatic carbocycles. The van der Waals surface area contributed by atoms with Crippen molar-refractivity contribution in [2.75, 3.05) is 5.32 Å². The molecule has 2 N–H and O–H groups in total. The van der Waals surface area contributed by atoms with E-state index in [2.05, 4.69) is 15.3 Å². The van der Waals surface area contributed by atoms with Crippen LogP contribution in [0.1, 0.15) is 11.1 Å². The number of non-ortho nitro benzene ring substituents is 1. The van der Waals surface area contributed by atoms with Gasteiger partial charge in [0.2, 0.25) is 0 Å².